The number of carbonyl (C=O) groups is 2. The number of likely N-dealkylation sites (tertiary alicyclic amines) is 1. The third-order valence-electron chi connectivity index (χ3n) is 4.29. The van der Waals surface area contributed by atoms with Gasteiger partial charge in [0.2, 0.25) is 11.8 Å². The van der Waals surface area contributed by atoms with Gasteiger partial charge in [0.15, 0.2) is 5.82 Å². The van der Waals surface area contributed by atoms with Crippen LogP contribution in [-0.4, -0.2) is 33.4 Å². The number of rotatable bonds is 4. The summed E-state index contributed by atoms with van der Waals surface area (Å²) < 4.78 is 5.31. The molecule has 1 atom stereocenters. The van der Waals surface area contributed by atoms with Crippen molar-refractivity contribution in [1.29, 1.82) is 0 Å². The van der Waals surface area contributed by atoms with Crippen LogP contribution in [0.4, 0.5) is 0 Å². The number of thiophene rings is 1. The number of aromatic nitrogens is 2. The third kappa shape index (κ3) is 2.63. The van der Waals surface area contributed by atoms with Crippen LogP contribution >= 0.6 is 11.3 Å². The summed E-state index contributed by atoms with van der Waals surface area (Å²) in [4.78, 5) is 30.7. The number of nitrogens with two attached hydrogens (primary N) is 1. The molecule has 2 fully saturated rings. The second kappa shape index (κ2) is 5.45. The van der Waals surface area contributed by atoms with E-state index in [9.17, 15) is 9.59 Å². The smallest absolute Gasteiger partial charge is 0.264 e. The van der Waals surface area contributed by atoms with Crippen molar-refractivity contribution >= 4 is 23.2 Å². The van der Waals surface area contributed by atoms with E-state index in [2.05, 4.69) is 10.1 Å². The van der Waals surface area contributed by atoms with Gasteiger partial charge in [-0.2, -0.15) is 4.98 Å². The van der Waals surface area contributed by atoms with Gasteiger partial charge >= 0.3 is 0 Å². The molecule has 1 aliphatic carbocycles. The van der Waals surface area contributed by atoms with E-state index in [4.69, 9.17) is 10.3 Å². The van der Waals surface area contributed by atoms with Gasteiger partial charge in [-0.1, -0.05) is 5.16 Å². The molecular formula is C15H16N4O3S. The molecule has 0 unspecified atom stereocenters. The maximum absolute atomic E-state index is 12.7. The Kier molecular flexibility index (Phi) is 3.41. The Labute approximate surface area is 136 Å². The van der Waals surface area contributed by atoms with Crippen molar-refractivity contribution in [3.63, 3.8) is 0 Å². The number of primary amides is 1. The van der Waals surface area contributed by atoms with Crippen LogP contribution in [0.5, 0.6) is 0 Å². The van der Waals surface area contributed by atoms with Crippen molar-refractivity contribution in [2.75, 3.05) is 6.54 Å². The first-order chi connectivity index (χ1) is 11.1. The fraction of sp³-hybridized carbons (Fsp3) is 0.467. The van der Waals surface area contributed by atoms with E-state index in [0.717, 1.165) is 25.7 Å². The Hall–Kier alpha value is -2.22. The molecule has 0 aromatic carbocycles. The molecule has 3 heterocycles. The van der Waals surface area contributed by atoms with Crippen LogP contribution in [0.2, 0.25) is 0 Å². The number of nitrogens with zero attached hydrogens (tertiary/aromatic N) is 3. The Balaban J connectivity index is 1.55. The summed E-state index contributed by atoms with van der Waals surface area (Å²) in [5.41, 5.74) is 5.61. The normalized spacial score (nSPS) is 20.9. The van der Waals surface area contributed by atoms with Crippen molar-refractivity contribution in [3.8, 4) is 0 Å². The van der Waals surface area contributed by atoms with E-state index in [0.29, 0.717) is 34.6 Å². The monoisotopic (exact) mass is 332 g/mol. The molecule has 23 heavy (non-hydrogen) atoms. The molecule has 2 aromatic heterocycles. The molecular weight excluding hydrogens is 316 g/mol. The Bertz CT molecular complexity index is 764. The van der Waals surface area contributed by atoms with E-state index in [1.807, 2.05) is 0 Å². The maximum atomic E-state index is 12.7. The quantitative estimate of drug-likeness (QED) is 0.923. The lowest BCUT2D eigenvalue weighted by molar-refractivity contribution is 0.0733. The van der Waals surface area contributed by atoms with Gasteiger partial charge in [0.1, 0.15) is 0 Å². The Morgan fingerprint density at radius 3 is 2.87 bits per heavy atom. The van der Waals surface area contributed by atoms with Gasteiger partial charge in [-0.15, -0.1) is 11.3 Å². The Morgan fingerprint density at radius 2 is 2.17 bits per heavy atom. The summed E-state index contributed by atoms with van der Waals surface area (Å²) in [5.74, 6) is 1.04. The molecule has 2 amide bonds. The molecule has 4 rings (SSSR count). The predicted molar refractivity (Wildman–Crippen MR) is 82.1 cm³/mol. The highest BCUT2D eigenvalue weighted by Crippen LogP contribution is 2.40. The zero-order valence-electron chi connectivity index (χ0n) is 12.4. The van der Waals surface area contributed by atoms with Crippen molar-refractivity contribution < 1.29 is 14.1 Å². The van der Waals surface area contributed by atoms with E-state index in [1.54, 1.807) is 16.3 Å². The summed E-state index contributed by atoms with van der Waals surface area (Å²) in [7, 11) is 0. The van der Waals surface area contributed by atoms with E-state index >= 15 is 0 Å². The zero-order valence-corrected chi connectivity index (χ0v) is 13.2. The van der Waals surface area contributed by atoms with Gasteiger partial charge in [0, 0.05) is 17.8 Å². The number of carbonyl (C=O) groups excluding carboxylic acids is 2. The number of hydrogen-bond donors (Lipinski definition) is 1. The fourth-order valence-corrected chi connectivity index (χ4v) is 3.73. The first-order valence-electron chi connectivity index (χ1n) is 7.66. The lowest BCUT2D eigenvalue weighted by Crippen LogP contribution is -2.30. The number of amides is 2. The molecule has 0 spiro atoms. The van der Waals surface area contributed by atoms with Crippen LogP contribution in [0.25, 0.3) is 0 Å². The zero-order chi connectivity index (χ0) is 16.0. The molecule has 1 saturated carbocycles. The molecule has 2 aromatic rings. The van der Waals surface area contributed by atoms with Crippen LogP contribution in [-0.2, 0) is 0 Å². The number of hydrogen-bond acceptors (Lipinski definition) is 6. The topological polar surface area (TPSA) is 102 Å². The molecule has 0 radical (unpaired) electrons. The summed E-state index contributed by atoms with van der Waals surface area (Å²) in [5, 5.41) is 5.68. The summed E-state index contributed by atoms with van der Waals surface area (Å²) >= 11 is 1.23. The van der Waals surface area contributed by atoms with Crippen molar-refractivity contribution in [1.82, 2.24) is 15.0 Å². The van der Waals surface area contributed by atoms with Crippen molar-refractivity contribution in [2.45, 2.75) is 37.6 Å². The first kappa shape index (κ1) is 14.4. The Morgan fingerprint density at radius 1 is 1.35 bits per heavy atom. The highest BCUT2D eigenvalue weighted by Gasteiger charge is 2.36. The average Bonchev–Trinajstić information content (AvgIpc) is 3.02. The molecule has 7 nitrogen and oxygen atoms in total. The minimum Gasteiger partial charge on any atom is -0.366 e. The van der Waals surface area contributed by atoms with E-state index in [-0.39, 0.29) is 11.9 Å². The first-order valence-corrected chi connectivity index (χ1v) is 8.54. The van der Waals surface area contributed by atoms with E-state index < -0.39 is 5.91 Å². The third-order valence-corrected chi connectivity index (χ3v) is 5.21. The van der Waals surface area contributed by atoms with Crippen LogP contribution in [0.1, 0.15) is 69.4 Å². The van der Waals surface area contributed by atoms with Crippen LogP contribution in [0.15, 0.2) is 16.0 Å². The molecule has 2 N–H and O–H groups in total. The van der Waals surface area contributed by atoms with Gasteiger partial charge in [0.25, 0.3) is 5.91 Å². The van der Waals surface area contributed by atoms with Crippen molar-refractivity contribution in [3.05, 3.63) is 33.6 Å². The summed E-state index contributed by atoms with van der Waals surface area (Å²) in [6, 6.07) is 1.40. The molecule has 2 aliphatic rings. The SMILES string of the molecule is NC(=O)c1csc(C(=O)N2CCC[C@@H]2c2noc(C3CC3)n2)c1. The highest BCUT2D eigenvalue weighted by molar-refractivity contribution is 7.12. The van der Waals surface area contributed by atoms with Crippen LogP contribution in [0, 0.1) is 0 Å². The van der Waals surface area contributed by atoms with Gasteiger partial charge in [-0.25, -0.2) is 0 Å². The maximum Gasteiger partial charge on any atom is 0.264 e. The van der Waals surface area contributed by atoms with Crippen LogP contribution in [0.3, 0.4) is 0 Å². The van der Waals surface area contributed by atoms with Gasteiger partial charge in [-0.3, -0.25) is 9.59 Å². The molecule has 120 valence electrons. The standard InChI is InChI=1S/C15H16N4O3S/c16-12(20)9-6-11(23-7-9)15(21)19-5-1-2-10(19)13-17-14(22-18-13)8-3-4-8/h6-8,10H,1-5H2,(H2,16,20)/t10-/m1/s1. The van der Waals surface area contributed by atoms with Crippen molar-refractivity contribution in [2.24, 2.45) is 5.73 Å². The van der Waals surface area contributed by atoms with Gasteiger partial charge in [0.05, 0.1) is 16.5 Å². The van der Waals surface area contributed by atoms with Crippen LogP contribution < -0.4 is 5.73 Å². The molecule has 0 bridgehead atoms. The predicted octanol–water partition coefficient (Wildman–Crippen LogP) is 2.08. The second-order valence-electron chi connectivity index (χ2n) is 5.99. The largest absolute Gasteiger partial charge is 0.366 e. The summed E-state index contributed by atoms with van der Waals surface area (Å²) in [6.07, 6.45) is 3.92. The van der Waals surface area contributed by atoms with Gasteiger partial charge in [-0.05, 0) is 31.7 Å². The highest BCUT2D eigenvalue weighted by atomic mass is 32.1. The van der Waals surface area contributed by atoms with Gasteiger partial charge < -0.3 is 15.2 Å². The fourth-order valence-electron chi connectivity index (χ4n) is 2.88. The van der Waals surface area contributed by atoms with E-state index in [1.165, 1.54) is 11.3 Å². The lowest BCUT2D eigenvalue weighted by atomic mass is 10.2. The minimum absolute atomic E-state index is 0.109. The second-order valence-corrected chi connectivity index (χ2v) is 6.90. The minimum atomic E-state index is -0.523. The lowest BCUT2D eigenvalue weighted by Gasteiger charge is -2.21. The molecule has 8 heteroatoms. The average molecular weight is 332 g/mol. The molecule has 1 aliphatic heterocycles. The molecule has 1 saturated heterocycles. The summed E-state index contributed by atoms with van der Waals surface area (Å²) in [6.45, 7) is 0.653.